The molecule has 2 fully saturated rings. The summed E-state index contributed by atoms with van der Waals surface area (Å²) in [6.07, 6.45) is 8.74. The lowest BCUT2D eigenvalue weighted by atomic mass is 9.99. The SMILES string of the molecule is CC(C)c1cnn2c1N=C(N1CCC(N)CC1)C=C=C2NCc1ccccc1-c1nccc2cc(NC(=O)C3(C#N)CC3)ccc12. The lowest BCUT2D eigenvalue weighted by molar-refractivity contribution is -0.119. The van der Waals surface area contributed by atoms with Crippen molar-refractivity contribution in [1.29, 1.82) is 5.26 Å². The molecule has 0 bridgehead atoms. The van der Waals surface area contributed by atoms with Crippen molar-refractivity contribution < 1.29 is 4.79 Å². The van der Waals surface area contributed by atoms with Gasteiger partial charge in [-0.1, -0.05) is 49.9 Å². The normalized spacial score (nSPS) is 17.2. The Morgan fingerprint density at radius 1 is 1.17 bits per heavy atom. The van der Waals surface area contributed by atoms with Crippen LogP contribution in [0.3, 0.4) is 0 Å². The average Bonchev–Trinajstić information content (AvgIpc) is 3.81. The van der Waals surface area contributed by atoms with E-state index in [9.17, 15) is 10.1 Å². The summed E-state index contributed by atoms with van der Waals surface area (Å²) < 4.78 is 1.85. The maximum absolute atomic E-state index is 12.7. The van der Waals surface area contributed by atoms with Crippen LogP contribution in [-0.4, -0.2) is 50.5 Å². The van der Waals surface area contributed by atoms with Gasteiger partial charge in [-0.2, -0.15) is 15.0 Å². The van der Waals surface area contributed by atoms with Crippen LogP contribution in [0.4, 0.5) is 11.5 Å². The molecule has 7 rings (SSSR count). The molecule has 10 nitrogen and oxygen atoms in total. The Morgan fingerprint density at radius 2 is 1.98 bits per heavy atom. The van der Waals surface area contributed by atoms with E-state index in [1.807, 2.05) is 53.4 Å². The lowest BCUT2D eigenvalue weighted by Crippen LogP contribution is -2.42. The van der Waals surface area contributed by atoms with Crippen LogP contribution in [0.2, 0.25) is 0 Å². The minimum atomic E-state index is -0.880. The second kappa shape index (κ2) is 11.9. The van der Waals surface area contributed by atoms with Crippen LogP contribution in [0.15, 0.2) is 77.7 Å². The molecule has 2 aromatic heterocycles. The quantitative estimate of drug-likeness (QED) is 0.229. The first-order chi connectivity index (χ1) is 22.3. The Bertz CT molecular complexity index is 1960. The zero-order chi connectivity index (χ0) is 31.8. The van der Waals surface area contributed by atoms with E-state index in [4.69, 9.17) is 20.8 Å². The Labute approximate surface area is 268 Å². The van der Waals surface area contributed by atoms with Crippen molar-refractivity contribution in [1.82, 2.24) is 25.0 Å². The highest BCUT2D eigenvalue weighted by Crippen LogP contribution is 2.46. The number of amides is 1. The second-order valence-corrected chi connectivity index (χ2v) is 12.7. The van der Waals surface area contributed by atoms with E-state index in [1.54, 1.807) is 6.20 Å². The van der Waals surface area contributed by atoms with E-state index < -0.39 is 5.41 Å². The monoisotopic (exact) mass is 611 g/mol. The number of nitrogens with zero attached hydrogens (tertiary/aromatic N) is 6. The number of fused-ring (bicyclic) bond motifs is 2. The van der Waals surface area contributed by atoms with E-state index in [2.05, 4.69) is 53.3 Å². The van der Waals surface area contributed by atoms with Gasteiger partial charge in [0.05, 0.1) is 18.0 Å². The number of nitrogens with one attached hydrogen (secondary N) is 2. The highest BCUT2D eigenvalue weighted by molar-refractivity contribution is 6.02. The third kappa shape index (κ3) is 5.56. The number of carbonyl (C=O) groups excluding carboxylic acids is 1. The van der Waals surface area contributed by atoms with E-state index >= 15 is 0 Å². The largest absolute Gasteiger partial charge is 0.359 e. The molecule has 232 valence electrons. The summed E-state index contributed by atoms with van der Waals surface area (Å²) in [6.45, 7) is 6.56. The molecule has 1 saturated heterocycles. The standard InChI is InChI=1S/C36H37N9O/c1-23(2)30-21-41-45-31(9-10-32(43-34(30)45)44-17-12-26(38)13-18-44)40-20-25-5-3-4-6-28(25)33-29-8-7-27(19-24(29)11-16-39-33)42-35(46)36(22-37)14-15-36/h3-8,10-11,16,19,21,23,26,40H,12-15,17-18,20,38H2,1-2H3,(H,42,46). The highest BCUT2D eigenvalue weighted by atomic mass is 16.2. The van der Waals surface area contributed by atoms with Crippen molar-refractivity contribution in [3.05, 3.63) is 83.9 Å². The smallest absolute Gasteiger partial charge is 0.244 e. The van der Waals surface area contributed by atoms with Crippen molar-refractivity contribution in [3.63, 3.8) is 0 Å². The average molecular weight is 612 g/mol. The molecular weight excluding hydrogens is 574 g/mol. The molecule has 1 aliphatic carbocycles. The van der Waals surface area contributed by atoms with Crippen LogP contribution >= 0.6 is 0 Å². The molecule has 0 spiro atoms. The first-order valence-electron chi connectivity index (χ1n) is 15.9. The topological polar surface area (TPSA) is 137 Å². The summed E-state index contributed by atoms with van der Waals surface area (Å²) in [4.78, 5) is 24.8. The molecule has 1 amide bonds. The van der Waals surface area contributed by atoms with Gasteiger partial charge >= 0.3 is 0 Å². The molecule has 4 heterocycles. The fraction of sp³-hybridized carbons (Fsp3) is 0.333. The predicted molar refractivity (Wildman–Crippen MR) is 180 cm³/mol. The molecular formula is C36H37N9O. The fourth-order valence-corrected chi connectivity index (χ4v) is 6.11. The lowest BCUT2D eigenvalue weighted by Gasteiger charge is -2.31. The van der Waals surface area contributed by atoms with E-state index in [-0.39, 0.29) is 17.9 Å². The maximum atomic E-state index is 12.7. The molecule has 2 aromatic carbocycles. The van der Waals surface area contributed by atoms with Crippen LogP contribution in [0, 0.1) is 16.7 Å². The number of hydrogen-bond acceptors (Lipinski definition) is 8. The number of nitrogens with two attached hydrogens (primary N) is 1. The molecule has 4 N–H and O–H groups in total. The van der Waals surface area contributed by atoms with Gasteiger partial charge in [-0.25, -0.2) is 4.99 Å². The van der Waals surface area contributed by atoms with Gasteiger partial charge in [0.15, 0.2) is 11.6 Å². The summed E-state index contributed by atoms with van der Waals surface area (Å²) in [5.41, 5.74) is 13.4. The minimum absolute atomic E-state index is 0.236. The van der Waals surface area contributed by atoms with Gasteiger partial charge in [-0.15, -0.1) is 0 Å². The zero-order valence-corrected chi connectivity index (χ0v) is 26.1. The Morgan fingerprint density at radius 3 is 2.74 bits per heavy atom. The van der Waals surface area contributed by atoms with Gasteiger partial charge in [-0.3, -0.25) is 9.78 Å². The number of nitriles is 1. The third-order valence-electron chi connectivity index (χ3n) is 9.17. The number of piperidine rings is 1. The van der Waals surface area contributed by atoms with Gasteiger partial charge in [0.2, 0.25) is 5.91 Å². The van der Waals surface area contributed by atoms with Crippen LogP contribution in [0.1, 0.15) is 56.6 Å². The van der Waals surface area contributed by atoms with Gasteiger partial charge in [0.25, 0.3) is 0 Å². The van der Waals surface area contributed by atoms with E-state index in [0.717, 1.165) is 76.6 Å². The summed E-state index contributed by atoms with van der Waals surface area (Å²) in [6, 6.07) is 18.3. The number of likely N-dealkylation sites (tertiary alicyclic amines) is 1. The fourth-order valence-electron chi connectivity index (χ4n) is 6.11. The van der Waals surface area contributed by atoms with Gasteiger partial charge in [0.1, 0.15) is 11.3 Å². The molecule has 0 atom stereocenters. The Balaban J connectivity index is 1.18. The molecule has 2 aliphatic heterocycles. The van der Waals surface area contributed by atoms with E-state index in [1.165, 1.54) is 0 Å². The van der Waals surface area contributed by atoms with Gasteiger partial charge in [0, 0.05) is 60.1 Å². The predicted octanol–water partition coefficient (Wildman–Crippen LogP) is 5.67. The number of aliphatic imine (C=N–C) groups is 1. The summed E-state index contributed by atoms with van der Waals surface area (Å²) >= 11 is 0. The molecule has 3 aliphatic rings. The maximum Gasteiger partial charge on any atom is 0.244 e. The number of anilines is 1. The molecule has 46 heavy (non-hydrogen) atoms. The van der Waals surface area contributed by atoms with Crippen molar-refractivity contribution in [3.8, 4) is 17.3 Å². The zero-order valence-electron chi connectivity index (χ0n) is 26.1. The molecule has 4 aromatic rings. The highest BCUT2D eigenvalue weighted by Gasteiger charge is 2.50. The number of rotatable bonds is 7. The third-order valence-corrected chi connectivity index (χ3v) is 9.17. The number of amidine groups is 1. The number of carbonyl (C=O) groups is 1. The van der Waals surface area contributed by atoms with Crippen LogP contribution < -0.4 is 16.4 Å². The second-order valence-electron chi connectivity index (χ2n) is 12.7. The van der Waals surface area contributed by atoms with Gasteiger partial charge < -0.3 is 21.3 Å². The minimum Gasteiger partial charge on any atom is -0.359 e. The number of benzene rings is 2. The number of pyridine rings is 1. The molecule has 10 heteroatoms. The van der Waals surface area contributed by atoms with Crippen molar-refractivity contribution in [2.45, 2.75) is 58.0 Å². The Kier molecular flexibility index (Phi) is 7.65. The Hall–Kier alpha value is -5.23. The summed E-state index contributed by atoms with van der Waals surface area (Å²) in [5, 5.41) is 22.6. The molecule has 0 radical (unpaired) electrons. The van der Waals surface area contributed by atoms with Crippen molar-refractivity contribution in [2.24, 2.45) is 16.1 Å². The summed E-state index contributed by atoms with van der Waals surface area (Å²) in [5.74, 6) is 2.44. The first kappa shape index (κ1) is 29.5. The number of aromatic nitrogens is 3. The first-order valence-corrected chi connectivity index (χ1v) is 15.9. The van der Waals surface area contributed by atoms with Crippen molar-refractivity contribution >= 4 is 39.8 Å². The van der Waals surface area contributed by atoms with Crippen LogP contribution in [0.25, 0.3) is 27.9 Å². The molecule has 0 unspecified atom stereocenters. The van der Waals surface area contributed by atoms with Crippen LogP contribution in [-0.2, 0) is 11.3 Å². The number of hydrogen-bond donors (Lipinski definition) is 3. The van der Waals surface area contributed by atoms with E-state index in [0.29, 0.717) is 25.1 Å². The molecule has 1 saturated carbocycles. The van der Waals surface area contributed by atoms with Gasteiger partial charge in [-0.05, 0) is 60.7 Å². The summed E-state index contributed by atoms with van der Waals surface area (Å²) in [7, 11) is 0. The van der Waals surface area contributed by atoms with Crippen LogP contribution in [0.5, 0.6) is 0 Å². The van der Waals surface area contributed by atoms with Crippen molar-refractivity contribution in [2.75, 3.05) is 18.4 Å².